The minimum atomic E-state index is 0.00311. The molecule has 25 heavy (non-hydrogen) atoms. The number of hydrogen-bond donors (Lipinski definition) is 1. The maximum atomic E-state index is 12.4. The highest BCUT2D eigenvalue weighted by molar-refractivity contribution is 5.81. The number of nitrogens with zero attached hydrogens (tertiary/aromatic N) is 3. The van der Waals surface area contributed by atoms with E-state index in [4.69, 9.17) is 4.74 Å². The van der Waals surface area contributed by atoms with Crippen LogP contribution in [0.2, 0.25) is 0 Å². The number of amides is 2. The van der Waals surface area contributed by atoms with E-state index in [0.717, 1.165) is 45.0 Å². The van der Waals surface area contributed by atoms with Gasteiger partial charge in [0.25, 0.3) is 0 Å². The maximum absolute atomic E-state index is 12.4. The standard InChI is InChI=1S/C18H26N4O3/c1-25-16-4-2-15(3-5-16)12-20-8-10-22(11-9-20)18(24)14-21-7-6-19-17(23)13-21/h2-5H,6-14H2,1H3,(H,19,23). The van der Waals surface area contributed by atoms with Gasteiger partial charge in [0.1, 0.15) is 5.75 Å². The van der Waals surface area contributed by atoms with Crippen LogP contribution in [0, 0.1) is 0 Å². The molecule has 136 valence electrons. The van der Waals surface area contributed by atoms with Crippen LogP contribution in [0.1, 0.15) is 5.56 Å². The summed E-state index contributed by atoms with van der Waals surface area (Å²) in [6.45, 7) is 6.16. The Balaban J connectivity index is 1.43. The number of rotatable bonds is 5. The summed E-state index contributed by atoms with van der Waals surface area (Å²) in [7, 11) is 1.67. The zero-order valence-electron chi connectivity index (χ0n) is 14.7. The molecule has 0 atom stereocenters. The van der Waals surface area contributed by atoms with E-state index in [0.29, 0.717) is 19.6 Å². The molecule has 3 rings (SSSR count). The molecule has 0 saturated carbocycles. The average Bonchev–Trinajstić information content (AvgIpc) is 2.63. The Morgan fingerprint density at radius 2 is 1.80 bits per heavy atom. The lowest BCUT2D eigenvalue weighted by atomic mass is 10.2. The van der Waals surface area contributed by atoms with Crippen LogP contribution in [0.25, 0.3) is 0 Å². The van der Waals surface area contributed by atoms with E-state index >= 15 is 0 Å². The number of carbonyl (C=O) groups excluding carboxylic acids is 2. The van der Waals surface area contributed by atoms with Crippen LogP contribution < -0.4 is 10.1 Å². The highest BCUT2D eigenvalue weighted by Crippen LogP contribution is 2.14. The Kier molecular flexibility index (Phi) is 5.88. The van der Waals surface area contributed by atoms with E-state index in [2.05, 4.69) is 22.3 Å². The molecule has 0 radical (unpaired) electrons. The topological polar surface area (TPSA) is 65.1 Å². The molecule has 1 aromatic rings. The predicted octanol–water partition coefficient (Wildman–Crippen LogP) is -0.229. The summed E-state index contributed by atoms with van der Waals surface area (Å²) in [6, 6.07) is 8.11. The van der Waals surface area contributed by atoms with Gasteiger partial charge in [0.2, 0.25) is 11.8 Å². The largest absolute Gasteiger partial charge is 0.497 e. The molecule has 0 aliphatic carbocycles. The van der Waals surface area contributed by atoms with Crippen LogP contribution in [0.3, 0.4) is 0 Å². The molecule has 1 aromatic carbocycles. The highest BCUT2D eigenvalue weighted by atomic mass is 16.5. The Morgan fingerprint density at radius 1 is 1.08 bits per heavy atom. The molecule has 2 amide bonds. The van der Waals surface area contributed by atoms with E-state index < -0.39 is 0 Å². The second-order valence-corrected chi connectivity index (χ2v) is 6.57. The predicted molar refractivity (Wildman–Crippen MR) is 94.3 cm³/mol. The van der Waals surface area contributed by atoms with Crippen molar-refractivity contribution < 1.29 is 14.3 Å². The van der Waals surface area contributed by atoms with Crippen LogP contribution in [0.15, 0.2) is 24.3 Å². The van der Waals surface area contributed by atoms with Crippen molar-refractivity contribution in [1.82, 2.24) is 20.0 Å². The average molecular weight is 346 g/mol. The quantitative estimate of drug-likeness (QED) is 0.798. The van der Waals surface area contributed by atoms with Crippen LogP contribution in [-0.4, -0.2) is 86.0 Å². The van der Waals surface area contributed by atoms with E-state index in [1.54, 1.807) is 7.11 Å². The smallest absolute Gasteiger partial charge is 0.236 e. The monoisotopic (exact) mass is 346 g/mol. The van der Waals surface area contributed by atoms with Crippen molar-refractivity contribution in [2.75, 3.05) is 59.5 Å². The Hall–Kier alpha value is -2.12. The number of methoxy groups -OCH3 is 1. The summed E-state index contributed by atoms with van der Waals surface area (Å²) in [5.41, 5.74) is 1.25. The molecule has 1 N–H and O–H groups in total. The van der Waals surface area contributed by atoms with Gasteiger partial charge < -0.3 is 15.0 Å². The number of piperazine rings is 2. The van der Waals surface area contributed by atoms with Crippen molar-refractivity contribution in [3.8, 4) is 5.75 Å². The lowest BCUT2D eigenvalue weighted by Crippen LogP contribution is -2.54. The number of carbonyl (C=O) groups is 2. The molecule has 2 aliphatic rings. The first-order valence-electron chi connectivity index (χ1n) is 8.76. The molecule has 7 nitrogen and oxygen atoms in total. The molecular formula is C18H26N4O3. The summed E-state index contributed by atoms with van der Waals surface area (Å²) in [6.07, 6.45) is 0. The first kappa shape index (κ1) is 17.7. The van der Waals surface area contributed by atoms with Crippen molar-refractivity contribution in [3.63, 3.8) is 0 Å². The number of hydrogen-bond acceptors (Lipinski definition) is 5. The van der Waals surface area contributed by atoms with Gasteiger partial charge in [0.05, 0.1) is 20.2 Å². The summed E-state index contributed by atoms with van der Waals surface area (Å²) in [4.78, 5) is 30.0. The third-order valence-electron chi connectivity index (χ3n) is 4.77. The number of ether oxygens (including phenoxy) is 1. The molecule has 0 aromatic heterocycles. The highest BCUT2D eigenvalue weighted by Gasteiger charge is 2.24. The van der Waals surface area contributed by atoms with Crippen LogP contribution in [0.4, 0.5) is 0 Å². The molecule has 2 aliphatic heterocycles. The van der Waals surface area contributed by atoms with Crippen molar-refractivity contribution in [2.45, 2.75) is 6.54 Å². The van der Waals surface area contributed by atoms with Crippen molar-refractivity contribution in [1.29, 1.82) is 0 Å². The van der Waals surface area contributed by atoms with Crippen molar-refractivity contribution in [2.24, 2.45) is 0 Å². The Labute approximate surface area is 148 Å². The van der Waals surface area contributed by atoms with Gasteiger partial charge in [-0.05, 0) is 17.7 Å². The Morgan fingerprint density at radius 3 is 2.44 bits per heavy atom. The zero-order valence-corrected chi connectivity index (χ0v) is 14.7. The maximum Gasteiger partial charge on any atom is 0.236 e. The van der Waals surface area contributed by atoms with Crippen LogP contribution >= 0.6 is 0 Å². The van der Waals surface area contributed by atoms with E-state index in [1.165, 1.54) is 5.56 Å². The van der Waals surface area contributed by atoms with Crippen LogP contribution in [0.5, 0.6) is 5.75 Å². The summed E-state index contributed by atoms with van der Waals surface area (Å²) >= 11 is 0. The van der Waals surface area contributed by atoms with Crippen molar-refractivity contribution >= 4 is 11.8 Å². The fourth-order valence-electron chi connectivity index (χ4n) is 3.26. The number of nitrogens with one attached hydrogen (secondary N) is 1. The van der Waals surface area contributed by atoms with Crippen molar-refractivity contribution in [3.05, 3.63) is 29.8 Å². The van der Waals surface area contributed by atoms with Gasteiger partial charge in [0, 0.05) is 45.8 Å². The molecule has 0 spiro atoms. The zero-order chi connectivity index (χ0) is 17.6. The third kappa shape index (κ3) is 4.93. The lowest BCUT2D eigenvalue weighted by Gasteiger charge is -2.36. The molecule has 2 heterocycles. The minimum absolute atomic E-state index is 0.00311. The SMILES string of the molecule is COc1ccc(CN2CCN(C(=O)CN3CCNC(=O)C3)CC2)cc1. The third-order valence-corrected chi connectivity index (χ3v) is 4.77. The van der Waals surface area contributed by atoms with Gasteiger partial charge in [-0.25, -0.2) is 0 Å². The van der Waals surface area contributed by atoms with Gasteiger partial charge in [-0.1, -0.05) is 12.1 Å². The van der Waals surface area contributed by atoms with E-state index in [1.807, 2.05) is 21.9 Å². The van der Waals surface area contributed by atoms with Gasteiger partial charge >= 0.3 is 0 Å². The fourth-order valence-corrected chi connectivity index (χ4v) is 3.26. The summed E-state index contributed by atoms with van der Waals surface area (Å²) in [5, 5.41) is 2.78. The van der Waals surface area contributed by atoms with Gasteiger partial charge in [-0.2, -0.15) is 0 Å². The van der Waals surface area contributed by atoms with Gasteiger partial charge in [-0.15, -0.1) is 0 Å². The molecule has 0 bridgehead atoms. The molecule has 2 fully saturated rings. The van der Waals surface area contributed by atoms with Gasteiger partial charge in [0.15, 0.2) is 0 Å². The normalized spacial score (nSPS) is 19.6. The lowest BCUT2D eigenvalue weighted by molar-refractivity contribution is -0.135. The Bertz CT molecular complexity index is 597. The van der Waals surface area contributed by atoms with E-state index in [9.17, 15) is 9.59 Å². The second-order valence-electron chi connectivity index (χ2n) is 6.57. The molecular weight excluding hydrogens is 320 g/mol. The minimum Gasteiger partial charge on any atom is -0.497 e. The second kappa shape index (κ2) is 8.31. The molecule has 7 heteroatoms. The molecule has 0 unspecified atom stereocenters. The van der Waals surface area contributed by atoms with Gasteiger partial charge in [-0.3, -0.25) is 19.4 Å². The molecule has 2 saturated heterocycles. The summed E-state index contributed by atoms with van der Waals surface area (Å²) < 4.78 is 5.18. The summed E-state index contributed by atoms with van der Waals surface area (Å²) in [5.74, 6) is 0.993. The van der Waals surface area contributed by atoms with Crippen LogP contribution in [-0.2, 0) is 16.1 Å². The fraction of sp³-hybridized carbons (Fsp3) is 0.556. The first-order chi connectivity index (χ1) is 12.1. The first-order valence-corrected chi connectivity index (χ1v) is 8.76. The van der Waals surface area contributed by atoms with E-state index in [-0.39, 0.29) is 11.8 Å². The number of benzene rings is 1.